The minimum atomic E-state index is -4.36. The number of aromatic nitrogens is 1. The van der Waals surface area contributed by atoms with Gasteiger partial charge in [-0.3, -0.25) is 4.79 Å². The number of hydrogen-bond donors (Lipinski definition) is 1. The molecule has 7 heteroatoms. The third-order valence-electron chi connectivity index (χ3n) is 2.75. The molecule has 2 aromatic rings. The fraction of sp³-hybridized carbons (Fsp3) is 0.231. The zero-order valence-electron chi connectivity index (χ0n) is 10.4. The SMILES string of the molecule is CC(NC(=O)c1cscn1)c1ccc(C(F)(F)F)cc1. The minimum Gasteiger partial charge on any atom is -0.344 e. The Balaban J connectivity index is 2.06. The van der Waals surface area contributed by atoms with Crippen molar-refractivity contribution in [3.63, 3.8) is 0 Å². The lowest BCUT2D eigenvalue weighted by atomic mass is 10.1. The molecule has 0 radical (unpaired) electrons. The van der Waals surface area contributed by atoms with Crippen molar-refractivity contribution in [3.8, 4) is 0 Å². The van der Waals surface area contributed by atoms with E-state index in [1.54, 1.807) is 12.3 Å². The van der Waals surface area contributed by atoms with Crippen LogP contribution in [0.5, 0.6) is 0 Å². The van der Waals surface area contributed by atoms with Crippen LogP contribution in [0.1, 0.15) is 34.6 Å². The molecule has 1 heterocycles. The van der Waals surface area contributed by atoms with Gasteiger partial charge in [0.1, 0.15) is 5.69 Å². The van der Waals surface area contributed by atoms with Gasteiger partial charge in [0.2, 0.25) is 0 Å². The number of benzene rings is 1. The molecule has 0 spiro atoms. The molecule has 20 heavy (non-hydrogen) atoms. The van der Waals surface area contributed by atoms with Crippen molar-refractivity contribution in [3.05, 3.63) is 52.0 Å². The number of carbonyl (C=O) groups is 1. The van der Waals surface area contributed by atoms with E-state index in [-0.39, 0.29) is 5.91 Å². The number of alkyl halides is 3. The second-order valence-electron chi connectivity index (χ2n) is 4.19. The zero-order chi connectivity index (χ0) is 14.8. The normalized spacial score (nSPS) is 13.0. The van der Waals surface area contributed by atoms with Crippen LogP contribution in [0, 0.1) is 0 Å². The summed E-state index contributed by atoms with van der Waals surface area (Å²) in [6, 6.07) is 4.32. The van der Waals surface area contributed by atoms with Crippen LogP contribution in [-0.2, 0) is 6.18 Å². The van der Waals surface area contributed by atoms with E-state index in [0.717, 1.165) is 12.1 Å². The van der Waals surface area contributed by atoms with Gasteiger partial charge in [-0.05, 0) is 24.6 Å². The monoisotopic (exact) mass is 300 g/mol. The van der Waals surface area contributed by atoms with Gasteiger partial charge in [0, 0.05) is 5.38 Å². The molecule has 0 aliphatic rings. The fourth-order valence-electron chi connectivity index (χ4n) is 1.64. The van der Waals surface area contributed by atoms with Crippen molar-refractivity contribution >= 4 is 17.2 Å². The second-order valence-corrected chi connectivity index (χ2v) is 4.91. The maximum Gasteiger partial charge on any atom is 0.416 e. The number of carbonyl (C=O) groups excluding carboxylic acids is 1. The number of amides is 1. The largest absolute Gasteiger partial charge is 0.416 e. The summed E-state index contributed by atoms with van der Waals surface area (Å²) < 4.78 is 37.3. The Bertz CT molecular complexity index is 579. The third kappa shape index (κ3) is 3.36. The number of hydrogen-bond acceptors (Lipinski definition) is 3. The third-order valence-corrected chi connectivity index (χ3v) is 3.34. The first kappa shape index (κ1) is 14.5. The van der Waals surface area contributed by atoms with Crippen molar-refractivity contribution in [2.45, 2.75) is 19.1 Å². The highest BCUT2D eigenvalue weighted by Gasteiger charge is 2.30. The second kappa shape index (κ2) is 5.62. The smallest absolute Gasteiger partial charge is 0.344 e. The molecular weight excluding hydrogens is 289 g/mol. The van der Waals surface area contributed by atoms with Gasteiger partial charge in [-0.15, -0.1) is 11.3 Å². The lowest BCUT2D eigenvalue weighted by molar-refractivity contribution is -0.137. The van der Waals surface area contributed by atoms with E-state index in [9.17, 15) is 18.0 Å². The summed E-state index contributed by atoms with van der Waals surface area (Å²) in [5.74, 6) is -0.348. The fourth-order valence-corrected chi connectivity index (χ4v) is 2.17. The highest BCUT2D eigenvalue weighted by Crippen LogP contribution is 2.29. The summed E-state index contributed by atoms with van der Waals surface area (Å²) in [5, 5.41) is 4.29. The average Bonchev–Trinajstić information content (AvgIpc) is 2.91. The van der Waals surface area contributed by atoms with E-state index in [0.29, 0.717) is 11.3 Å². The molecule has 1 N–H and O–H groups in total. The number of rotatable bonds is 3. The van der Waals surface area contributed by atoms with E-state index in [1.165, 1.54) is 29.0 Å². The molecular formula is C13H11F3N2OS. The van der Waals surface area contributed by atoms with Crippen LogP contribution < -0.4 is 5.32 Å². The molecule has 0 aliphatic carbocycles. The zero-order valence-corrected chi connectivity index (χ0v) is 11.3. The highest BCUT2D eigenvalue weighted by atomic mass is 32.1. The Morgan fingerprint density at radius 3 is 2.45 bits per heavy atom. The molecule has 1 unspecified atom stereocenters. The maximum atomic E-state index is 12.4. The minimum absolute atomic E-state index is 0.300. The number of halogens is 3. The average molecular weight is 300 g/mol. The van der Waals surface area contributed by atoms with E-state index in [2.05, 4.69) is 10.3 Å². The number of thiazole rings is 1. The first-order valence-electron chi connectivity index (χ1n) is 5.74. The van der Waals surface area contributed by atoms with Gasteiger partial charge in [0.15, 0.2) is 0 Å². The Morgan fingerprint density at radius 2 is 1.95 bits per heavy atom. The standard InChI is InChI=1S/C13H11F3N2OS/c1-8(18-12(19)11-6-20-7-17-11)9-2-4-10(5-3-9)13(14,15)16/h2-8H,1H3,(H,18,19). The van der Waals surface area contributed by atoms with Crippen LogP contribution in [0.4, 0.5) is 13.2 Å². The van der Waals surface area contributed by atoms with Crippen LogP contribution in [-0.4, -0.2) is 10.9 Å². The van der Waals surface area contributed by atoms with Crippen molar-refractivity contribution in [1.29, 1.82) is 0 Å². The van der Waals surface area contributed by atoms with Crippen LogP contribution in [0.3, 0.4) is 0 Å². The van der Waals surface area contributed by atoms with E-state index in [1.807, 2.05) is 0 Å². The quantitative estimate of drug-likeness (QED) is 0.940. The first-order chi connectivity index (χ1) is 9.38. The van der Waals surface area contributed by atoms with Gasteiger partial charge >= 0.3 is 6.18 Å². The summed E-state index contributed by atoms with van der Waals surface area (Å²) in [7, 11) is 0. The molecule has 0 saturated carbocycles. The van der Waals surface area contributed by atoms with Gasteiger partial charge in [0.05, 0.1) is 17.1 Å². The molecule has 0 bridgehead atoms. The summed E-state index contributed by atoms with van der Waals surface area (Å²) in [6.45, 7) is 1.70. The molecule has 106 valence electrons. The van der Waals surface area contributed by atoms with Crippen molar-refractivity contribution in [2.75, 3.05) is 0 Å². The predicted octanol–water partition coefficient (Wildman–Crippen LogP) is 3.65. The molecule has 0 fully saturated rings. The van der Waals surface area contributed by atoms with Crippen LogP contribution in [0.2, 0.25) is 0 Å². The summed E-state index contributed by atoms with van der Waals surface area (Å²) in [6.07, 6.45) is -4.36. The van der Waals surface area contributed by atoms with E-state index in [4.69, 9.17) is 0 Å². The summed E-state index contributed by atoms with van der Waals surface area (Å²) in [4.78, 5) is 15.6. The lowest BCUT2D eigenvalue weighted by Gasteiger charge is -2.14. The van der Waals surface area contributed by atoms with Crippen LogP contribution in [0.25, 0.3) is 0 Å². The topological polar surface area (TPSA) is 42.0 Å². The molecule has 0 saturated heterocycles. The van der Waals surface area contributed by atoms with Gasteiger partial charge < -0.3 is 5.32 Å². The Morgan fingerprint density at radius 1 is 1.30 bits per heavy atom. The number of nitrogens with one attached hydrogen (secondary N) is 1. The maximum absolute atomic E-state index is 12.4. The molecule has 1 amide bonds. The predicted molar refractivity (Wildman–Crippen MR) is 69.4 cm³/mol. The molecule has 3 nitrogen and oxygen atoms in total. The summed E-state index contributed by atoms with van der Waals surface area (Å²) in [5.41, 5.74) is 1.73. The Labute approximate surface area is 117 Å². The van der Waals surface area contributed by atoms with Gasteiger partial charge in [-0.1, -0.05) is 12.1 Å². The molecule has 2 rings (SSSR count). The molecule has 1 atom stereocenters. The first-order valence-corrected chi connectivity index (χ1v) is 6.68. The van der Waals surface area contributed by atoms with Crippen molar-refractivity contribution in [2.24, 2.45) is 0 Å². The number of nitrogens with zero attached hydrogens (tertiary/aromatic N) is 1. The van der Waals surface area contributed by atoms with E-state index >= 15 is 0 Å². The summed E-state index contributed by atoms with van der Waals surface area (Å²) >= 11 is 1.30. The molecule has 0 aliphatic heterocycles. The van der Waals surface area contributed by atoms with Gasteiger partial charge in [0.25, 0.3) is 5.91 Å². The van der Waals surface area contributed by atoms with Crippen molar-refractivity contribution < 1.29 is 18.0 Å². The van der Waals surface area contributed by atoms with Gasteiger partial charge in [-0.2, -0.15) is 13.2 Å². The van der Waals surface area contributed by atoms with Crippen molar-refractivity contribution in [1.82, 2.24) is 10.3 Å². The van der Waals surface area contributed by atoms with E-state index < -0.39 is 17.8 Å². The molecule has 1 aromatic carbocycles. The lowest BCUT2D eigenvalue weighted by Crippen LogP contribution is -2.26. The molecule has 1 aromatic heterocycles. The van der Waals surface area contributed by atoms with Gasteiger partial charge in [-0.25, -0.2) is 4.98 Å². The van der Waals surface area contributed by atoms with Crippen LogP contribution in [0.15, 0.2) is 35.2 Å². The highest BCUT2D eigenvalue weighted by molar-refractivity contribution is 7.07. The Hall–Kier alpha value is -1.89. The Kier molecular flexibility index (Phi) is 4.08. The van der Waals surface area contributed by atoms with Crippen LogP contribution >= 0.6 is 11.3 Å².